The molecule has 0 spiro atoms. The first-order valence-corrected chi connectivity index (χ1v) is 8.62. The average Bonchev–Trinajstić information content (AvgIpc) is 3.01. The number of nitrogens with zero attached hydrogens (tertiary/aromatic N) is 2. The number of anilines is 1. The van der Waals surface area contributed by atoms with Crippen LogP contribution in [0.25, 0.3) is 5.57 Å². The summed E-state index contributed by atoms with van der Waals surface area (Å²) in [5.41, 5.74) is 0.841. The molecule has 2 amide bonds. The van der Waals surface area contributed by atoms with Crippen molar-refractivity contribution in [1.82, 2.24) is 4.90 Å². The van der Waals surface area contributed by atoms with Crippen LogP contribution in [0.3, 0.4) is 0 Å². The molecule has 1 fully saturated rings. The third-order valence-electron chi connectivity index (χ3n) is 3.99. The number of carbonyl (C=O) groups is 4. The summed E-state index contributed by atoms with van der Waals surface area (Å²) in [4.78, 5) is 49.9. The molecule has 10 heteroatoms. The molecule has 1 unspecified atom stereocenters. The molecule has 2 N–H and O–H groups in total. The monoisotopic (exact) mass is 392 g/mol. The third-order valence-corrected chi connectivity index (χ3v) is 5.39. The van der Waals surface area contributed by atoms with Crippen LogP contribution in [0.2, 0.25) is 0 Å². The summed E-state index contributed by atoms with van der Waals surface area (Å²) in [5, 5.41) is 18.2. The van der Waals surface area contributed by atoms with Gasteiger partial charge >= 0.3 is 11.9 Å². The molecule has 0 aliphatic carbocycles. The van der Waals surface area contributed by atoms with E-state index in [1.165, 1.54) is 6.92 Å². The van der Waals surface area contributed by atoms with Crippen LogP contribution in [-0.4, -0.2) is 55.8 Å². The van der Waals surface area contributed by atoms with Gasteiger partial charge in [0, 0.05) is 5.56 Å². The molecule has 26 heavy (non-hydrogen) atoms. The highest BCUT2D eigenvalue weighted by Crippen LogP contribution is 2.44. The average molecular weight is 392 g/mol. The Labute approximate surface area is 157 Å². The van der Waals surface area contributed by atoms with Crippen molar-refractivity contribution in [2.24, 2.45) is 0 Å². The zero-order chi connectivity index (χ0) is 19.2. The summed E-state index contributed by atoms with van der Waals surface area (Å²) < 4.78 is 0.0364. The smallest absolute Gasteiger partial charge is 0.326 e. The lowest BCUT2D eigenvalue weighted by Crippen LogP contribution is -2.41. The van der Waals surface area contributed by atoms with Gasteiger partial charge in [-0.05, 0) is 13.0 Å². The largest absolute Gasteiger partial charge is 0.480 e. The van der Waals surface area contributed by atoms with E-state index in [0.717, 1.165) is 21.6 Å². The van der Waals surface area contributed by atoms with Crippen molar-refractivity contribution in [2.45, 2.75) is 13.0 Å². The topological polar surface area (TPSA) is 115 Å². The number of thioether (sulfide) groups is 1. The van der Waals surface area contributed by atoms with Crippen LogP contribution < -0.4 is 4.90 Å². The van der Waals surface area contributed by atoms with Gasteiger partial charge in [0.25, 0.3) is 11.8 Å². The van der Waals surface area contributed by atoms with E-state index in [2.05, 4.69) is 0 Å². The minimum absolute atomic E-state index is 0.00781. The lowest BCUT2D eigenvalue weighted by molar-refractivity contribution is -0.144. The highest BCUT2D eigenvalue weighted by Gasteiger charge is 2.44. The quantitative estimate of drug-likeness (QED) is 0.579. The molecule has 1 aromatic rings. The number of hydrogen-bond donors (Lipinski definition) is 2. The van der Waals surface area contributed by atoms with Crippen LogP contribution >= 0.6 is 24.0 Å². The van der Waals surface area contributed by atoms with Gasteiger partial charge in [-0.2, -0.15) is 0 Å². The highest BCUT2D eigenvalue weighted by molar-refractivity contribution is 8.26. The molecule has 1 aromatic carbocycles. The van der Waals surface area contributed by atoms with Crippen LogP contribution in [0.5, 0.6) is 0 Å². The SMILES string of the molecule is CC(C(=O)O)N1C(=O)/C(=C2/C(=O)N(CC(=O)O)c3ccccc32)SC1=S. The minimum atomic E-state index is -1.22. The van der Waals surface area contributed by atoms with Crippen LogP contribution in [0.15, 0.2) is 29.2 Å². The number of thiocarbonyl (C=S) groups is 1. The van der Waals surface area contributed by atoms with E-state index in [1.54, 1.807) is 24.3 Å². The molecule has 1 atom stereocenters. The Kier molecular flexibility index (Phi) is 4.55. The summed E-state index contributed by atoms with van der Waals surface area (Å²) in [5.74, 6) is -3.72. The number of carbonyl (C=O) groups excluding carboxylic acids is 2. The van der Waals surface area contributed by atoms with E-state index in [4.69, 9.17) is 22.4 Å². The Morgan fingerprint density at radius 3 is 2.46 bits per heavy atom. The van der Waals surface area contributed by atoms with Gasteiger partial charge in [-0.25, -0.2) is 4.79 Å². The maximum Gasteiger partial charge on any atom is 0.326 e. The minimum Gasteiger partial charge on any atom is -0.480 e. The Balaban J connectivity index is 2.12. The fourth-order valence-corrected chi connectivity index (χ4v) is 4.26. The Bertz CT molecular complexity index is 910. The Morgan fingerprint density at radius 1 is 1.19 bits per heavy atom. The number of aliphatic carboxylic acids is 2. The fraction of sp³-hybridized carbons (Fsp3) is 0.188. The first kappa shape index (κ1) is 18.1. The molecule has 134 valence electrons. The number of benzene rings is 1. The Hall–Kier alpha value is -2.72. The van der Waals surface area contributed by atoms with Gasteiger partial charge in [0.05, 0.1) is 16.2 Å². The Morgan fingerprint density at radius 2 is 1.85 bits per heavy atom. The number of para-hydroxylation sites is 1. The maximum atomic E-state index is 12.8. The van der Waals surface area contributed by atoms with Crippen molar-refractivity contribution in [3.05, 3.63) is 34.7 Å². The van der Waals surface area contributed by atoms with Crippen molar-refractivity contribution >= 4 is 63.3 Å². The molecule has 8 nitrogen and oxygen atoms in total. The van der Waals surface area contributed by atoms with Crippen molar-refractivity contribution in [1.29, 1.82) is 0 Å². The van der Waals surface area contributed by atoms with Crippen LogP contribution in [-0.2, 0) is 19.2 Å². The molecule has 0 saturated carbocycles. The van der Waals surface area contributed by atoms with Gasteiger partial charge in [0.1, 0.15) is 16.9 Å². The number of hydrogen-bond acceptors (Lipinski definition) is 6. The standard InChI is InChI=1S/C16H12N2O6S2/c1-7(15(23)24)18-14(22)12(26-16(18)25)11-8-4-2-3-5-9(8)17(13(11)21)6-10(19)20/h2-5,7H,6H2,1H3,(H,19,20)(H,23,24)/b12-11-. The molecule has 0 radical (unpaired) electrons. The van der Waals surface area contributed by atoms with Gasteiger partial charge in [0.2, 0.25) is 0 Å². The first-order chi connectivity index (χ1) is 12.2. The normalized spacial score (nSPS) is 20.6. The van der Waals surface area contributed by atoms with E-state index in [1.807, 2.05) is 0 Å². The number of carboxylic acids is 2. The van der Waals surface area contributed by atoms with Crippen molar-refractivity contribution in [2.75, 3.05) is 11.4 Å². The van der Waals surface area contributed by atoms with E-state index in [-0.39, 0.29) is 14.8 Å². The number of amides is 2. The van der Waals surface area contributed by atoms with Crippen molar-refractivity contribution in [3.63, 3.8) is 0 Å². The number of rotatable bonds is 4. The second-order valence-electron chi connectivity index (χ2n) is 5.56. The number of carboxylic acid groups (broad SMARTS) is 2. The second kappa shape index (κ2) is 6.54. The summed E-state index contributed by atoms with van der Waals surface area (Å²) in [6, 6.07) is 5.34. The zero-order valence-corrected chi connectivity index (χ0v) is 15.0. The van der Waals surface area contributed by atoms with Crippen molar-refractivity contribution in [3.8, 4) is 0 Å². The van der Waals surface area contributed by atoms with Gasteiger partial charge in [-0.3, -0.25) is 24.2 Å². The van der Waals surface area contributed by atoms with Crippen LogP contribution in [0.4, 0.5) is 5.69 Å². The lowest BCUT2D eigenvalue weighted by Gasteiger charge is -2.18. The molecule has 2 aliphatic heterocycles. The van der Waals surface area contributed by atoms with E-state index < -0.39 is 36.3 Å². The fourth-order valence-electron chi connectivity index (χ4n) is 2.77. The highest BCUT2D eigenvalue weighted by atomic mass is 32.2. The molecule has 0 aromatic heterocycles. The molecule has 1 saturated heterocycles. The van der Waals surface area contributed by atoms with Gasteiger partial charge in [-0.15, -0.1) is 0 Å². The second-order valence-corrected chi connectivity index (χ2v) is 7.21. The van der Waals surface area contributed by atoms with Crippen LogP contribution in [0.1, 0.15) is 12.5 Å². The predicted octanol–water partition coefficient (Wildman–Crippen LogP) is 1.16. The van der Waals surface area contributed by atoms with E-state index in [9.17, 15) is 19.2 Å². The van der Waals surface area contributed by atoms with Gasteiger partial charge < -0.3 is 10.2 Å². The molecule has 0 bridgehead atoms. The molecule has 2 aliphatic rings. The van der Waals surface area contributed by atoms with Gasteiger partial charge in [0.15, 0.2) is 0 Å². The molecular formula is C16H12N2O6S2. The first-order valence-electron chi connectivity index (χ1n) is 7.39. The number of fused-ring (bicyclic) bond motifs is 1. The summed E-state index contributed by atoms with van der Waals surface area (Å²) in [7, 11) is 0. The molecular weight excluding hydrogens is 380 g/mol. The predicted molar refractivity (Wildman–Crippen MR) is 97.5 cm³/mol. The maximum absolute atomic E-state index is 12.8. The van der Waals surface area contributed by atoms with Gasteiger partial charge in [-0.1, -0.05) is 42.2 Å². The zero-order valence-electron chi connectivity index (χ0n) is 13.3. The summed E-state index contributed by atoms with van der Waals surface area (Å²) >= 11 is 5.96. The summed E-state index contributed by atoms with van der Waals surface area (Å²) in [6.07, 6.45) is 0. The van der Waals surface area contributed by atoms with Crippen LogP contribution in [0, 0.1) is 0 Å². The third kappa shape index (κ3) is 2.76. The summed E-state index contributed by atoms with van der Waals surface area (Å²) in [6.45, 7) is 0.771. The van der Waals surface area contributed by atoms with Crippen molar-refractivity contribution < 1.29 is 29.4 Å². The van der Waals surface area contributed by atoms with E-state index >= 15 is 0 Å². The molecule has 2 heterocycles. The molecule has 3 rings (SSSR count). The lowest BCUT2D eigenvalue weighted by atomic mass is 10.1. The van der Waals surface area contributed by atoms with E-state index in [0.29, 0.717) is 11.3 Å².